The monoisotopic (exact) mass is 403 g/mol. The fraction of sp³-hybridized carbons (Fsp3) is 0.333. The van der Waals surface area contributed by atoms with Gasteiger partial charge >= 0.3 is 0 Å². The van der Waals surface area contributed by atoms with E-state index in [1.54, 1.807) is 36.5 Å². The van der Waals surface area contributed by atoms with E-state index in [9.17, 15) is 14.7 Å². The van der Waals surface area contributed by atoms with Crippen LogP contribution in [-0.4, -0.2) is 27.5 Å². The third-order valence-electron chi connectivity index (χ3n) is 5.81. The third-order valence-corrected chi connectivity index (χ3v) is 5.81. The fourth-order valence-electron chi connectivity index (χ4n) is 4.44. The largest absolute Gasteiger partial charge is 0.508 e. The molecule has 1 amide bonds. The number of Topliss-reactive ketones (excluding diaryl/α,β-unsaturated/α-hetero) is 1. The maximum atomic E-state index is 13.3. The number of nitrogens with one attached hydrogen (secondary N) is 1. The summed E-state index contributed by atoms with van der Waals surface area (Å²) < 4.78 is 0. The minimum atomic E-state index is -0.457. The van der Waals surface area contributed by atoms with Crippen molar-refractivity contribution in [3.05, 3.63) is 65.0 Å². The second-order valence-electron chi connectivity index (χ2n) is 8.30. The van der Waals surface area contributed by atoms with Gasteiger partial charge in [0.25, 0.3) is 5.91 Å². The van der Waals surface area contributed by atoms with Crippen LogP contribution in [0.3, 0.4) is 0 Å². The molecule has 3 atom stereocenters. The molecule has 6 nitrogen and oxygen atoms in total. The number of nitrogens with zero attached hydrogens (tertiary/aromatic N) is 2. The number of carbonyl (C=O) groups is 2. The van der Waals surface area contributed by atoms with Crippen LogP contribution < -0.4 is 5.32 Å². The maximum absolute atomic E-state index is 13.3. The van der Waals surface area contributed by atoms with Gasteiger partial charge in [-0.2, -0.15) is 0 Å². The lowest BCUT2D eigenvalue weighted by atomic mass is 9.67. The van der Waals surface area contributed by atoms with Crippen LogP contribution in [-0.2, 0) is 9.59 Å². The van der Waals surface area contributed by atoms with E-state index < -0.39 is 11.8 Å². The van der Waals surface area contributed by atoms with E-state index in [1.807, 2.05) is 19.9 Å². The van der Waals surface area contributed by atoms with Crippen molar-refractivity contribution in [1.29, 1.82) is 0 Å². The Bertz CT molecular complexity index is 1050. The highest BCUT2D eigenvalue weighted by molar-refractivity contribution is 6.14. The van der Waals surface area contributed by atoms with E-state index in [4.69, 9.17) is 4.99 Å². The topological polar surface area (TPSA) is 91.6 Å². The number of rotatable bonds is 3. The average Bonchev–Trinajstić information content (AvgIpc) is 2.69. The number of fused-ring (bicyclic) bond motifs is 1. The molecule has 0 unspecified atom stereocenters. The summed E-state index contributed by atoms with van der Waals surface area (Å²) in [4.78, 5) is 35.3. The lowest BCUT2D eigenvalue weighted by Crippen LogP contribution is -2.41. The minimum Gasteiger partial charge on any atom is -0.508 e. The van der Waals surface area contributed by atoms with Crippen LogP contribution >= 0.6 is 0 Å². The van der Waals surface area contributed by atoms with Crippen molar-refractivity contribution in [3.8, 4) is 5.75 Å². The lowest BCUT2D eigenvalue weighted by Gasteiger charge is -2.37. The van der Waals surface area contributed by atoms with Gasteiger partial charge in [-0.1, -0.05) is 25.1 Å². The molecule has 1 saturated carbocycles. The number of aliphatic imine (C=N–C) groups is 1. The number of phenols is 1. The molecule has 4 rings (SSSR count). The van der Waals surface area contributed by atoms with E-state index in [0.29, 0.717) is 23.5 Å². The molecule has 0 spiro atoms. The summed E-state index contributed by atoms with van der Waals surface area (Å²) in [5.74, 6) is -0.262. The zero-order valence-electron chi connectivity index (χ0n) is 17.3. The van der Waals surface area contributed by atoms with Crippen LogP contribution in [0.4, 0.5) is 5.82 Å². The molecule has 0 radical (unpaired) electrons. The Kier molecular flexibility index (Phi) is 5.24. The van der Waals surface area contributed by atoms with Crippen molar-refractivity contribution in [2.24, 2.45) is 16.8 Å². The van der Waals surface area contributed by atoms with Crippen molar-refractivity contribution >= 4 is 23.2 Å². The van der Waals surface area contributed by atoms with E-state index in [0.717, 1.165) is 23.3 Å². The molecule has 30 heavy (non-hydrogen) atoms. The first kappa shape index (κ1) is 20.0. The number of anilines is 1. The standard InChI is InChI=1S/C24H25N3O3/c1-13-4-9-20(25-12-13)27-24(30)21-15(3)26-18-10-14(2)11-19(29)23(18)22(21)16-5-7-17(28)8-6-16/h4-9,12,14,22-23,28H,10-11H2,1-3H3,(H,25,27,30)/t14-,22-,23-/m0/s1. The number of aromatic nitrogens is 1. The van der Waals surface area contributed by atoms with Gasteiger partial charge in [-0.05, 0) is 55.5 Å². The van der Waals surface area contributed by atoms with Crippen LogP contribution in [0.15, 0.2) is 58.9 Å². The second-order valence-corrected chi connectivity index (χ2v) is 8.30. The van der Waals surface area contributed by atoms with Crippen LogP contribution in [0, 0.1) is 18.8 Å². The molecule has 2 N–H and O–H groups in total. The molecule has 2 aromatic rings. The van der Waals surface area contributed by atoms with Gasteiger partial charge in [-0.25, -0.2) is 4.98 Å². The predicted molar refractivity (Wildman–Crippen MR) is 115 cm³/mol. The summed E-state index contributed by atoms with van der Waals surface area (Å²) in [6.07, 6.45) is 2.92. The van der Waals surface area contributed by atoms with Gasteiger partial charge in [0.05, 0.1) is 5.92 Å². The lowest BCUT2D eigenvalue weighted by molar-refractivity contribution is -0.123. The molecule has 1 aromatic heterocycles. The number of allylic oxidation sites excluding steroid dienone is 1. The summed E-state index contributed by atoms with van der Waals surface area (Å²) in [5, 5.41) is 12.6. The first-order chi connectivity index (χ1) is 14.3. The van der Waals surface area contributed by atoms with Gasteiger partial charge in [-0.15, -0.1) is 0 Å². The minimum absolute atomic E-state index is 0.108. The number of phenolic OH excluding ortho intramolecular Hbond substituents is 1. The number of carbonyl (C=O) groups excluding carboxylic acids is 2. The second kappa shape index (κ2) is 7.86. The summed E-state index contributed by atoms with van der Waals surface area (Å²) in [7, 11) is 0. The molecule has 1 aliphatic heterocycles. The van der Waals surface area contributed by atoms with Gasteiger partial charge in [0.1, 0.15) is 17.4 Å². The van der Waals surface area contributed by atoms with Crippen molar-refractivity contribution in [2.75, 3.05) is 5.32 Å². The third kappa shape index (κ3) is 3.77. The van der Waals surface area contributed by atoms with Crippen molar-refractivity contribution in [1.82, 2.24) is 4.98 Å². The number of aryl methyl sites for hydroxylation is 1. The zero-order valence-corrected chi connectivity index (χ0v) is 17.3. The Labute approximate surface area is 175 Å². The summed E-state index contributed by atoms with van der Waals surface area (Å²) in [6, 6.07) is 10.4. The fourth-order valence-corrected chi connectivity index (χ4v) is 4.44. The molecular formula is C24H25N3O3. The normalized spacial score (nSPS) is 23.6. The van der Waals surface area contributed by atoms with Crippen molar-refractivity contribution < 1.29 is 14.7 Å². The van der Waals surface area contributed by atoms with Crippen LogP contribution in [0.1, 0.15) is 43.7 Å². The number of aromatic hydroxyl groups is 1. The Balaban J connectivity index is 1.78. The number of hydrogen-bond acceptors (Lipinski definition) is 5. The van der Waals surface area contributed by atoms with Crippen molar-refractivity contribution in [2.45, 2.75) is 39.5 Å². The van der Waals surface area contributed by atoms with E-state index >= 15 is 0 Å². The molecule has 1 aromatic carbocycles. The quantitative estimate of drug-likeness (QED) is 0.805. The van der Waals surface area contributed by atoms with Crippen LogP contribution in [0.25, 0.3) is 0 Å². The molecule has 2 aliphatic rings. The van der Waals surface area contributed by atoms with Crippen LogP contribution in [0.2, 0.25) is 0 Å². The molecule has 6 heteroatoms. The first-order valence-corrected chi connectivity index (χ1v) is 10.2. The SMILES string of the molecule is CC1=C(C(=O)Nc2ccc(C)cn2)[C@H](c2ccc(O)cc2)[C@@H]2C(=O)C[C@@H](C)CC2=N1. The smallest absolute Gasteiger partial charge is 0.255 e. The molecule has 1 aliphatic carbocycles. The van der Waals surface area contributed by atoms with Gasteiger partial charge in [-0.3, -0.25) is 14.6 Å². The van der Waals surface area contributed by atoms with Crippen LogP contribution in [0.5, 0.6) is 5.75 Å². The molecule has 154 valence electrons. The highest BCUT2D eigenvalue weighted by Gasteiger charge is 2.44. The zero-order chi connectivity index (χ0) is 21.4. The molecule has 2 heterocycles. The Hall–Kier alpha value is -3.28. The molecular weight excluding hydrogens is 378 g/mol. The Morgan fingerprint density at radius 3 is 2.47 bits per heavy atom. The summed E-state index contributed by atoms with van der Waals surface area (Å²) in [5.41, 5.74) is 3.75. The summed E-state index contributed by atoms with van der Waals surface area (Å²) in [6.45, 7) is 5.80. The van der Waals surface area contributed by atoms with Gasteiger partial charge in [0, 0.05) is 35.5 Å². The number of amides is 1. The number of pyridine rings is 1. The van der Waals surface area contributed by atoms with Gasteiger partial charge in [0.15, 0.2) is 0 Å². The first-order valence-electron chi connectivity index (χ1n) is 10.2. The summed E-state index contributed by atoms with van der Waals surface area (Å²) >= 11 is 0. The van der Waals surface area contributed by atoms with Crippen molar-refractivity contribution in [3.63, 3.8) is 0 Å². The highest BCUT2D eigenvalue weighted by atomic mass is 16.3. The molecule has 0 saturated heterocycles. The Morgan fingerprint density at radius 2 is 1.80 bits per heavy atom. The van der Waals surface area contributed by atoms with Gasteiger partial charge < -0.3 is 10.4 Å². The maximum Gasteiger partial charge on any atom is 0.255 e. The van der Waals surface area contributed by atoms with Gasteiger partial charge in [0.2, 0.25) is 0 Å². The average molecular weight is 403 g/mol. The number of hydrogen-bond donors (Lipinski definition) is 2. The Morgan fingerprint density at radius 1 is 1.07 bits per heavy atom. The number of benzene rings is 1. The highest BCUT2D eigenvalue weighted by Crippen LogP contribution is 2.44. The van der Waals surface area contributed by atoms with E-state index in [1.165, 1.54) is 0 Å². The predicted octanol–water partition coefficient (Wildman–Crippen LogP) is 4.16. The molecule has 1 fully saturated rings. The van der Waals surface area contributed by atoms with E-state index in [2.05, 4.69) is 17.2 Å². The van der Waals surface area contributed by atoms with E-state index in [-0.39, 0.29) is 23.4 Å². The molecule has 0 bridgehead atoms. The number of ketones is 1.